The molecule has 2 saturated heterocycles. The van der Waals surface area contributed by atoms with Crippen LogP contribution in [-0.2, 0) is 51.7 Å². The second-order valence-corrected chi connectivity index (χ2v) is 15.5. The smallest absolute Gasteiger partial charge is 1.00 e. The van der Waals surface area contributed by atoms with Crippen molar-refractivity contribution in [1.29, 1.82) is 0 Å². The Morgan fingerprint density at radius 2 is 1.14 bits per heavy atom. The van der Waals surface area contributed by atoms with Gasteiger partial charge in [0.2, 0.25) is 34.2 Å². The zero-order chi connectivity index (χ0) is 54.4. The third-order valence-corrected chi connectivity index (χ3v) is 9.82. The topological polar surface area (TPSA) is 404 Å². The number of ether oxygens (including phenoxy) is 1. The van der Waals surface area contributed by atoms with Gasteiger partial charge in [0.05, 0.1) is 19.1 Å². The van der Waals surface area contributed by atoms with Gasteiger partial charge >= 0.3 is 115 Å². The molecule has 3 fully saturated rings. The van der Waals surface area contributed by atoms with Gasteiger partial charge in [0.1, 0.15) is 35.9 Å². The molecule has 392 valence electrons. The summed E-state index contributed by atoms with van der Waals surface area (Å²) < 4.78 is 5.48. The number of hydrogen-bond acceptors (Lipinski definition) is 21. The molecular formula is C46H47Cl2K2N11O15. The molecule has 5 heterocycles. The van der Waals surface area contributed by atoms with Crippen molar-refractivity contribution in [3.8, 4) is 6.01 Å². The normalized spacial score (nSPS) is 16.0. The number of hydrogen-bond donors (Lipinski definition) is 7. The second-order valence-electron chi connectivity index (χ2n) is 14.8. The van der Waals surface area contributed by atoms with Gasteiger partial charge in [0.25, 0.3) is 18.3 Å². The number of carboxylic acids is 1. The second kappa shape index (κ2) is 38.3. The summed E-state index contributed by atoms with van der Waals surface area (Å²) >= 11 is 10.9. The Balaban J connectivity index is 0.000000973. The number of carbonyl (C=O) groups is 10. The number of rotatable bonds is 10. The standard InChI is InChI=1S/C17H16N4O4.C10H9ClN4O3.C7H8O.C6H9NO2.C5H3ClN2O2.CH2O3.2K.H/c22-14-7-6-12(16(24)21-14)19-15(23)13-8-9-18-17(20-13)25-10-11-4-2-1-3-5-11;11-10-12-4-3-6(14-10)8(17)13-5-1-2-7(16)15-9(5)18;8-6-7-4-2-1-3-5-7;7-5-2-1-4(8)3-6(5)9;6-5-7-2-1-3(8-5)4(9)10;2-1-4-3;;;/h1-5,8-9,12H,6-7,10H2,(H,19,23)(H,21,22,24);3-5H,1-2H2,(H,13,17)(H,15,16,18);1-5,8H,6H2;5H,1-3,7H2;1-2H,(H,9,10);1,3H;;;/q;;;;;;2*+1;-1/p-1. The van der Waals surface area contributed by atoms with Crippen LogP contribution in [0.5, 0.6) is 6.01 Å². The van der Waals surface area contributed by atoms with E-state index in [0.29, 0.717) is 12.8 Å². The number of aliphatic hydroxyl groups excluding tert-OH is 1. The number of aliphatic hydroxyl groups is 1. The first-order chi connectivity index (χ1) is 35.4. The Bertz CT molecular complexity index is 2750. The summed E-state index contributed by atoms with van der Waals surface area (Å²) in [7, 11) is 0. The largest absolute Gasteiger partial charge is 1.00 e. The third kappa shape index (κ3) is 27.2. The van der Waals surface area contributed by atoms with Gasteiger partial charge in [0.15, 0.2) is 11.5 Å². The number of imide groups is 2. The van der Waals surface area contributed by atoms with Gasteiger partial charge in [-0.1, -0.05) is 60.7 Å². The maximum Gasteiger partial charge on any atom is 1.00 e. The number of carbonyl (C=O) groups excluding carboxylic acids is 9. The molecule has 0 spiro atoms. The SMILES string of the molecule is NC1CCC(=O)CC1=O.O=C(O)c1ccnc(Cl)n1.O=C1CCC(NC(=O)c2ccnc(Cl)n2)C(=O)N1.O=C1CCC(NC(=O)c2ccnc(OCc3ccccc3)n2)C(=O)N1.O=CO[O-].OCc1ccccc1.[H-].[K+].[K+]. The molecule has 3 unspecified atom stereocenters. The van der Waals surface area contributed by atoms with Crippen LogP contribution >= 0.6 is 23.2 Å². The number of piperidine rings is 2. The maximum absolute atomic E-state index is 12.2. The van der Waals surface area contributed by atoms with E-state index in [2.05, 4.69) is 56.1 Å². The minimum absolute atomic E-state index is 0. The molecule has 30 heteroatoms. The fourth-order valence-corrected chi connectivity index (χ4v) is 6.07. The zero-order valence-corrected chi connectivity index (χ0v) is 48.4. The fourth-order valence-electron chi connectivity index (χ4n) is 5.78. The average Bonchev–Trinajstić information content (AvgIpc) is 3.40. The van der Waals surface area contributed by atoms with E-state index in [0.717, 1.165) is 11.1 Å². The molecular weight excluding hydrogens is 1100 g/mol. The van der Waals surface area contributed by atoms with Crippen molar-refractivity contribution < 1.29 is 177 Å². The number of halogens is 2. The molecule has 8 N–H and O–H groups in total. The number of carboxylic acid groups (broad SMARTS) is 1. The van der Waals surface area contributed by atoms with Crippen LogP contribution in [0.1, 0.15) is 89.0 Å². The number of nitrogens with one attached hydrogen (secondary N) is 4. The summed E-state index contributed by atoms with van der Waals surface area (Å²) in [6, 6.07) is 21.3. The summed E-state index contributed by atoms with van der Waals surface area (Å²) in [5.41, 5.74) is 7.31. The molecule has 0 bridgehead atoms. The summed E-state index contributed by atoms with van der Waals surface area (Å²) in [6.07, 6.45) is 6.03. The molecule has 1 saturated carbocycles. The number of aromatic carboxylic acids is 1. The van der Waals surface area contributed by atoms with Crippen LogP contribution in [0, 0.1) is 0 Å². The summed E-state index contributed by atoms with van der Waals surface area (Å²) in [4.78, 5) is 134. The molecule has 0 radical (unpaired) electrons. The number of nitrogens with two attached hydrogens (primary N) is 1. The van der Waals surface area contributed by atoms with Gasteiger partial charge < -0.3 is 42.9 Å². The van der Waals surface area contributed by atoms with E-state index in [-0.39, 0.29) is 219 Å². The van der Waals surface area contributed by atoms with Crippen LogP contribution in [-0.4, -0.2) is 118 Å². The summed E-state index contributed by atoms with van der Waals surface area (Å²) in [5.74, 6) is -3.95. The number of amides is 6. The quantitative estimate of drug-likeness (QED) is 0.0130. The number of nitrogens with zero attached hydrogens (tertiary/aromatic N) is 6. The Labute approximate surface area is 529 Å². The summed E-state index contributed by atoms with van der Waals surface area (Å²) in [5, 5.41) is 34.6. The Hall–Kier alpha value is -5.29. The Morgan fingerprint density at radius 3 is 1.54 bits per heavy atom. The molecule has 5 aromatic rings. The van der Waals surface area contributed by atoms with E-state index in [1.165, 1.54) is 36.8 Å². The third-order valence-electron chi connectivity index (χ3n) is 9.45. The zero-order valence-electron chi connectivity index (χ0n) is 41.6. The van der Waals surface area contributed by atoms with E-state index in [9.17, 15) is 43.2 Å². The Morgan fingerprint density at radius 1 is 0.697 bits per heavy atom. The first-order valence-corrected chi connectivity index (χ1v) is 22.3. The van der Waals surface area contributed by atoms with Crippen molar-refractivity contribution in [2.75, 3.05) is 0 Å². The van der Waals surface area contributed by atoms with Crippen molar-refractivity contribution in [2.24, 2.45) is 5.73 Å². The first kappa shape index (κ1) is 68.7. The van der Waals surface area contributed by atoms with Crippen molar-refractivity contribution >= 4 is 82.7 Å². The molecule has 2 aliphatic heterocycles. The van der Waals surface area contributed by atoms with Crippen LogP contribution in [0.4, 0.5) is 0 Å². The van der Waals surface area contributed by atoms with Crippen LogP contribution in [0.2, 0.25) is 10.6 Å². The van der Waals surface area contributed by atoms with Crippen LogP contribution in [0.25, 0.3) is 0 Å². The molecule has 3 atom stereocenters. The van der Waals surface area contributed by atoms with E-state index in [1.807, 2.05) is 60.7 Å². The molecule has 2 aromatic carbocycles. The van der Waals surface area contributed by atoms with Crippen LogP contribution < -0.4 is 140 Å². The van der Waals surface area contributed by atoms with Gasteiger partial charge in [-0.25, -0.2) is 29.7 Å². The van der Waals surface area contributed by atoms with E-state index in [1.54, 1.807) is 0 Å². The van der Waals surface area contributed by atoms with Crippen molar-refractivity contribution in [3.63, 3.8) is 0 Å². The molecule has 26 nitrogen and oxygen atoms in total. The molecule has 3 aliphatic rings. The molecule has 3 aromatic heterocycles. The van der Waals surface area contributed by atoms with E-state index in [4.69, 9.17) is 53.9 Å². The number of Topliss-reactive ketones (excluding diaryl/α,β-unsaturated/α-hetero) is 2. The molecule has 76 heavy (non-hydrogen) atoms. The maximum atomic E-state index is 12.2. The predicted molar refractivity (Wildman–Crippen MR) is 254 cm³/mol. The molecule has 1 aliphatic carbocycles. The number of ketones is 2. The summed E-state index contributed by atoms with van der Waals surface area (Å²) in [6.45, 7) is 0.236. The van der Waals surface area contributed by atoms with E-state index < -0.39 is 41.7 Å². The van der Waals surface area contributed by atoms with Crippen LogP contribution in [0.3, 0.4) is 0 Å². The van der Waals surface area contributed by atoms with Gasteiger partial charge in [0, 0.05) is 37.9 Å². The van der Waals surface area contributed by atoms with E-state index >= 15 is 0 Å². The van der Waals surface area contributed by atoms with Crippen LogP contribution in [0.15, 0.2) is 97.5 Å². The monoisotopic (exact) mass is 1140 g/mol. The fraction of sp³-hybridized carbons (Fsp3) is 0.261. The van der Waals surface area contributed by atoms with Gasteiger partial charge in [-0.05, 0) is 71.8 Å². The van der Waals surface area contributed by atoms with Gasteiger partial charge in [-0.2, -0.15) is 4.98 Å². The molecule has 6 amide bonds. The number of benzene rings is 2. The van der Waals surface area contributed by atoms with Crippen molar-refractivity contribution in [2.45, 2.75) is 76.3 Å². The minimum Gasteiger partial charge on any atom is -1.00 e. The Kier molecular flexibility index (Phi) is 34.6. The number of aromatic nitrogens is 6. The first-order valence-electron chi connectivity index (χ1n) is 21.6. The van der Waals surface area contributed by atoms with Gasteiger partial charge in [-0.15, -0.1) is 0 Å². The minimum atomic E-state index is -1.11. The van der Waals surface area contributed by atoms with Gasteiger partial charge in [-0.3, -0.25) is 53.8 Å². The van der Waals surface area contributed by atoms with Crippen molar-refractivity contribution in [3.05, 3.63) is 136 Å². The van der Waals surface area contributed by atoms with Crippen molar-refractivity contribution in [1.82, 2.24) is 51.2 Å². The predicted octanol–water partition coefficient (Wildman–Crippen LogP) is -5.55. The molecule has 8 rings (SSSR count). The average molecular weight is 1140 g/mol.